The molecule has 5 rings (SSSR count). The van der Waals surface area contributed by atoms with E-state index in [4.69, 9.17) is 19.2 Å². The maximum absolute atomic E-state index is 15.5. The van der Waals surface area contributed by atoms with E-state index < -0.39 is 0 Å². The van der Waals surface area contributed by atoms with E-state index in [2.05, 4.69) is 24.5 Å². The molecule has 2 heterocycles. The van der Waals surface area contributed by atoms with Crippen molar-refractivity contribution in [3.8, 4) is 16.9 Å². The van der Waals surface area contributed by atoms with E-state index in [1.807, 2.05) is 31.2 Å². The second-order valence-electron chi connectivity index (χ2n) is 10.5. The Balaban J connectivity index is 1.56. The van der Waals surface area contributed by atoms with Crippen LogP contribution in [0.5, 0.6) is 5.75 Å². The van der Waals surface area contributed by atoms with Crippen LogP contribution in [0.4, 0.5) is 4.39 Å². The van der Waals surface area contributed by atoms with Crippen LogP contribution in [0.3, 0.4) is 0 Å². The lowest BCUT2D eigenvalue weighted by molar-refractivity contribution is -0.0390. The van der Waals surface area contributed by atoms with Crippen molar-refractivity contribution in [3.63, 3.8) is 0 Å². The number of halogens is 1. The lowest BCUT2D eigenvalue weighted by atomic mass is 9.87. The van der Waals surface area contributed by atoms with Crippen molar-refractivity contribution < 1.29 is 23.7 Å². The Bertz CT molecular complexity index is 1430. The van der Waals surface area contributed by atoms with Crippen LogP contribution in [-0.4, -0.2) is 41.8 Å². The summed E-state index contributed by atoms with van der Waals surface area (Å²) in [6, 6.07) is 16.5. The maximum atomic E-state index is 15.5. The summed E-state index contributed by atoms with van der Waals surface area (Å²) >= 11 is 0. The van der Waals surface area contributed by atoms with Gasteiger partial charge in [-0.25, -0.2) is 9.37 Å². The lowest BCUT2D eigenvalue weighted by Crippen LogP contribution is -2.27. The van der Waals surface area contributed by atoms with Gasteiger partial charge in [0.05, 0.1) is 36.9 Å². The van der Waals surface area contributed by atoms with Gasteiger partial charge in [0.2, 0.25) is 0 Å². The van der Waals surface area contributed by atoms with Gasteiger partial charge in [0.15, 0.2) is 0 Å². The highest BCUT2D eigenvalue weighted by atomic mass is 19.1. The van der Waals surface area contributed by atoms with Crippen LogP contribution in [0.15, 0.2) is 54.6 Å². The third kappa shape index (κ3) is 5.12. The maximum Gasteiger partial charge on any atom is 0.146 e. The third-order valence-corrected chi connectivity index (χ3v) is 7.16. The summed E-state index contributed by atoms with van der Waals surface area (Å²) in [5.41, 5.74) is 5.84. The standard InChI is InChI=1S/C30H33FN2O4/c1-19-10-22(25(31)14-24(19)21-6-5-7-23(34)12-21)13-29-32-26-9-8-20(15-37-18-35-4)11-27(26)33(29)28-16-36-17-30(28,2)3/h5-12,14,28,34H,13,15-18H2,1-4H3/t28-/m1/s1. The van der Waals surface area contributed by atoms with Crippen molar-refractivity contribution in [2.24, 2.45) is 5.41 Å². The summed E-state index contributed by atoms with van der Waals surface area (Å²) in [5, 5.41) is 9.88. The molecule has 7 heteroatoms. The Morgan fingerprint density at radius 3 is 2.73 bits per heavy atom. The molecule has 1 fully saturated rings. The van der Waals surface area contributed by atoms with E-state index in [0.717, 1.165) is 39.1 Å². The van der Waals surface area contributed by atoms with Crippen LogP contribution in [0.1, 0.15) is 42.4 Å². The molecule has 3 aromatic carbocycles. The number of methoxy groups -OCH3 is 1. The van der Waals surface area contributed by atoms with Gasteiger partial charge < -0.3 is 23.9 Å². The Morgan fingerprint density at radius 1 is 1.16 bits per heavy atom. The Labute approximate surface area is 216 Å². The molecule has 1 atom stereocenters. The number of fused-ring (bicyclic) bond motifs is 1. The number of aromatic hydroxyl groups is 1. The largest absolute Gasteiger partial charge is 0.508 e. The number of benzene rings is 3. The molecule has 0 spiro atoms. The zero-order valence-corrected chi connectivity index (χ0v) is 21.8. The van der Waals surface area contributed by atoms with Gasteiger partial charge in [-0.3, -0.25) is 0 Å². The first kappa shape index (κ1) is 25.4. The molecule has 4 aromatic rings. The first-order valence-electron chi connectivity index (χ1n) is 12.5. The van der Waals surface area contributed by atoms with Crippen molar-refractivity contribution >= 4 is 11.0 Å². The number of rotatable bonds is 8. The summed E-state index contributed by atoms with van der Waals surface area (Å²) in [6.45, 7) is 8.24. The molecule has 1 N–H and O–H groups in total. The number of hydrogen-bond donors (Lipinski definition) is 1. The molecule has 6 nitrogen and oxygen atoms in total. The van der Waals surface area contributed by atoms with E-state index in [1.165, 1.54) is 0 Å². The third-order valence-electron chi connectivity index (χ3n) is 7.16. The van der Waals surface area contributed by atoms with Crippen LogP contribution in [0, 0.1) is 18.2 Å². The Kier molecular flexibility index (Phi) is 7.03. The fraction of sp³-hybridized carbons (Fsp3) is 0.367. The number of phenolic OH excluding ortho intramolecular Hbond substituents is 1. The number of ether oxygens (including phenoxy) is 3. The minimum absolute atomic E-state index is 0.0679. The molecule has 0 unspecified atom stereocenters. The molecule has 0 bridgehead atoms. The summed E-state index contributed by atoms with van der Waals surface area (Å²) in [4.78, 5) is 4.96. The average Bonchev–Trinajstić information content (AvgIpc) is 3.38. The molecule has 1 aliphatic rings. The van der Waals surface area contributed by atoms with Crippen molar-refractivity contribution in [2.75, 3.05) is 27.1 Å². The van der Waals surface area contributed by atoms with Gasteiger partial charge in [-0.05, 0) is 65.1 Å². The molecule has 0 aliphatic carbocycles. The summed E-state index contributed by atoms with van der Waals surface area (Å²) in [5.74, 6) is 0.665. The normalized spacial score (nSPS) is 17.1. The predicted octanol–water partition coefficient (Wildman–Crippen LogP) is 6.17. The van der Waals surface area contributed by atoms with Crippen LogP contribution in [0.2, 0.25) is 0 Å². The van der Waals surface area contributed by atoms with E-state index in [-0.39, 0.29) is 29.8 Å². The molecule has 37 heavy (non-hydrogen) atoms. The van der Waals surface area contributed by atoms with Crippen molar-refractivity contribution in [2.45, 2.75) is 39.8 Å². The zero-order chi connectivity index (χ0) is 26.2. The number of imidazole rings is 1. The minimum atomic E-state index is -0.293. The van der Waals surface area contributed by atoms with Gasteiger partial charge >= 0.3 is 0 Å². The van der Waals surface area contributed by atoms with Crippen molar-refractivity contribution in [1.29, 1.82) is 0 Å². The number of aryl methyl sites for hydroxylation is 1. The first-order valence-corrected chi connectivity index (χ1v) is 12.5. The zero-order valence-electron chi connectivity index (χ0n) is 21.8. The Hall–Kier alpha value is -3.26. The quantitative estimate of drug-likeness (QED) is 0.230. The molecular formula is C30H33FN2O4. The SMILES string of the molecule is COCOCc1ccc2nc(Cc3cc(C)c(-c4cccc(O)c4)cc3F)n([C@@H]3COCC3(C)C)c2c1. The second kappa shape index (κ2) is 10.2. The molecular weight excluding hydrogens is 471 g/mol. The van der Waals surface area contributed by atoms with Gasteiger partial charge in [0, 0.05) is 18.9 Å². The molecule has 0 radical (unpaired) electrons. The first-order chi connectivity index (χ1) is 17.8. The molecule has 0 amide bonds. The van der Waals surface area contributed by atoms with E-state index in [9.17, 15) is 5.11 Å². The summed E-state index contributed by atoms with van der Waals surface area (Å²) in [6.07, 6.45) is 0.351. The fourth-order valence-electron chi connectivity index (χ4n) is 5.20. The number of phenols is 1. The number of aromatic nitrogens is 2. The molecule has 194 valence electrons. The summed E-state index contributed by atoms with van der Waals surface area (Å²) in [7, 11) is 1.60. The van der Waals surface area contributed by atoms with E-state index >= 15 is 4.39 Å². The highest BCUT2D eigenvalue weighted by molar-refractivity contribution is 5.77. The van der Waals surface area contributed by atoms with Gasteiger partial charge in [-0.2, -0.15) is 0 Å². The van der Waals surface area contributed by atoms with Crippen molar-refractivity contribution in [3.05, 3.63) is 82.9 Å². The molecule has 1 aliphatic heterocycles. The lowest BCUT2D eigenvalue weighted by Gasteiger charge is -2.28. The van der Waals surface area contributed by atoms with Crippen LogP contribution in [0.25, 0.3) is 22.2 Å². The highest BCUT2D eigenvalue weighted by Crippen LogP contribution is 2.40. The summed E-state index contributed by atoms with van der Waals surface area (Å²) < 4.78 is 34.2. The topological polar surface area (TPSA) is 65.7 Å². The predicted molar refractivity (Wildman–Crippen MR) is 141 cm³/mol. The van der Waals surface area contributed by atoms with Gasteiger partial charge in [-0.15, -0.1) is 0 Å². The Morgan fingerprint density at radius 2 is 2.00 bits per heavy atom. The fourth-order valence-corrected chi connectivity index (χ4v) is 5.20. The smallest absolute Gasteiger partial charge is 0.146 e. The number of hydrogen-bond acceptors (Lipinski definition) is 5. The molecule has 1 aromatic heterocycles. The molecule has 0 saturated carbocycles. The van der Waals surface area contributed by atoms with Crippen LogP contribution in [-0.2, 0) is 27.2 Å². The van der Waals surface area contributed by atoms with Crippen LogP contribution >= 0.6 is 0 Å². The minimum Gasteiger partial charge on any atom is -0.508 e. The van der Waals surface area contributed by atoms with Gasteiger partial charge in [0.1, 0.15) is 24.2 Å². The van der Waals surface area contributed by atoms with Crippen LogP contribution < -0.4 is 0 Å². The van der Waals surface area contributed by atoms with E-state index in [1.54, 1.807) is 31.4 Å². The average molecular weight is 505 g/mol. The highest BCUT2D eigenvalue weighted by Gasteiger charge is 2.39. The second-order valence-corrected chi connectivity index (χ2v) is 10.5. The monoisotopic (exact) mass is 504 g/mol. The van der Waals surface area contributed by atoms with E-state index in [0.29, 0.717) is 31.8 Å². The number of nitrogens with zero attached hydrogens (tertiary/aromatic N) is 2. The van der Waals surface area contributed by atoms with Crippen molar-refractivity contribution in [1.82, 2.24) is 9.55 Å². The molecule has 1 saturated heterocycles. The van der Waals surface area contributed by atoms with Gasteiger partial charge in [-0.1, -0.05) is 38.1 Å². The van der Waals surface area contributed by atoms with Gasteiger partial charge in [0.25, 0.3) is 0 Å².